The number of nitrogens with one attached hydrogen (secondary N) is 2. The van der Waals surface area contributed by atoms with Crippen LogP contribution in [0.25, 0.3) is 10.9 Å². The number of carbonyl (C=O) groups excluding carboxylic acids is 3. The van der Waals surface area contributed by atoms with Crippen LogP contribution in [0.1, 0.15) is 55.1 Å². The van der Waals surface area contributed by atoms with E-state index in [0.717, 1.165) is 43.0 Å². The number of likely N-dealkylation sites (tertiary alicyclic amines) is 2. The largest absolute Gasteiger partial charge is 0.450 e. The molecular weight excluding hydrogens is 432 g/mol. The summed E-state index contributed by atoms with van der Waals surface area (Å²) in [6.07, 6.45) is 3.91. The quantitative estimate of drug-likeness (QED) is 0.722. The molecule has 3 aliphatic rings. The number of benzene rings is 1. The van der Waals surface area contributed by atoms with Gasteiger partial charge in [0, 0.05) is 49.0 Å². The van der Waals surface area contributed by atoms with Gasteiger partial charge in [0.1, 0.15) is 5.69 Å². The van der Waals surface area contributed by atoms with Crippen LogP contribution < -0.4 is 5.32 Å². The summed E-state index contributed by atoms with van der Waals surface area (Å²) in [5.74, 6) is 0.225. The zero-order valence-electron chi connectivity index (χ0n) is 20.1. The molecule has 1 spiro atoms. The zero-order valence-corrected chi connectivity index (χ0v) is 20.1. The summed E-state index contributed by atoms with van der Waals surface area (Å²) >= 11 is 0. The first-order valence-corrected chi connectivity index (χ1v) is 12.5. The van der Waals surface area contributed by atoms with Gasteiger partial charge in [-0.15, -0.1) is 0 Å². The van der Waals surface area contributed by atoms with Crippen molar-refractivity contribution in [1.82, 2.24) is 20.1 Å². The molecule has 8 heteroatoms. The summed E-state index contributed by atoms with van der Waals surface area (Å²) in [5, 5.41) is 4.28. The van der Waals surface area contributed by atoms with E-state index in [9.17, 15) is 14.4 Å². The summed E-state index contributed by atoms with van der Waals surface area (Å²) in [5.41, 5.74) is 2.84. The van der Waals surface area contributed by atoms with Crippen molar-refractivity contribution < 1.29 is 19.1 Å². The molecule has 2 aromatic rings. The highest BCUT2D eigenvalue weighted by Crippen LogP contribution is 2.59. The van der Waals surface area contributed by atoms with Gasteiger partial charge in [-0.3, -0.25) is 9.59 Å². The standard InChI is InChI=1S/C26H34N4O4/c1-3-34-25(33)30-10-6-19(7-11-30)27-23(31)20-16-26(20)8-12-29(13-9-26)24(32)22-15-18-14-17(2)4-5-21(18)28-22/h4-5,14-15,19-20,28H,3,6-13,16H2,1-2H3,(H,27,31). The van der Waals surface area contributed by atoms with Gasteiger partial charge in [0.25, 0.3) is 5.91 Å². The molecule has 2 saturated heterocycles. The summed E-state index contributed by atoms with van der Waals surface area (Å²) in [7, 11) is 0. The van der Waals surface area contributed by atoms with Gasteiger partial charge in [0.15, 0.2) is 0 Å². The van der Waals surface area contributed by atoms with Gasteiger partial charge in [-0.1, -0.05) is 11.6 Å². The lowest BCUT2D eigenvalue weighted by molar-refractivity contribution is -0.124. The van der Waals surface area contributed by atoms with Crippen LogP contribution in [-0.4, -0.2) is 71.5 Å². The highest BCUT2D eigenvalue weighted by Gasteiger charge is 2.59. The number of amides is 3. The highest BCUT2D eigenvalue weighted by molar-refractivity contribution is 5.98. The molecule has 1 aromatic carbocycles. The zero-order chi connectivity index (χ0) is 23.9. The maximum atomic E-state index is 13.1. The number of nitrogens with zero attached hydrogens (tertiary/aromatic N) is 2. The monoisotopic (exact) mass is 466 g/mol. The molecule has 5 rings (SSSR count). The molecule has 2 N–H and O–H groups in total. The third-order valence-corrected chi connectivity index (χ3v) is 7.93. The number of ether oxygens (including phenoxy) is 1. The van der Waals surface area contributed by atoms with Crippen LogP contribution in [-0.2, 0) is 9.53 Å². The van der Waals surface area contributed by atoms with Gasteiger partial charge in [-0.25, -0.2) is 4.79 Å². The van der Waals surface area contributed by atoms with E-state index in [-0.39, 0.29) is 35.3 Å². The number of aromatic amines is 1. The second-order valence-corrected chi connectivity index (χ2v) is 10.2. The smallest absolute Gasteiger partial charge is 0.409 e. The Kier molecular flexibility index (Phi) is 6.00. The first-order chi connectivity index (χ1) is 16.4. The third kappa shape index (κ3) is 4.38. The Morgan fingerprint density at radius 3 is 2.53 bits per heavy atom. The molecule has 1 atom stereocenters. The number of H-pyrrole nitrogens is 1. The number of aryl methyl sites for hydroxylation is 1. The number of hydrogen-bond donors (Lipinski definition) is 2. The van der Waals surface area contributed by atoms with E-state index < -0.39 is 0 Å². The van der Waals surface area contributed by atoms with Crippen LogP contribution in [0.2, 0.25) is 0 Å². The molecule has 8 nitrogen and oxygen atoms in total. The van der Waals surface area contributed by atoms with Crippen molar-refractivity contribution in [2.45, 2.75) is 52.0 Å². The Morgan fingerprint density at radius 2 is 1.82 bits per heavy atom. The third-order valence-electron chi connectivity index (χ3n) is 7.93. The minimum atomic E-state index is -0.266. The summed E-state index contributed by atoms with van der Waals surface area (Å²) in [4.78, 5) is 44.7. The van der Waals surface area contributed by atoms with Crippen molar-refractivity contribution >= 4 is 28.8 Å². The lowest BCUT2D eigenvalue weighted by Gasteiger charge is -2.33. The van der Waals surface area contributed by atoms with E-state index in [1.807, 2.05) is 30.0 Å². The average Bonchev–Trinajstić information content (AvgIpc) is 3.36. The van der Waals surface area contributed by atoms with Crippen molar-refractivity contribution in [3.63, 3.8) is 0 Å². The van der Waals surface area contributed by atoms with Gasteiger partial charge in [0.2, 0.25) is 5.91 Å². The molecule has 0 radical (unpaired) electrons. The Labute approximate surface area is 200 Å². The predicted molar refractivity (Wildman–Crippen MR) is 128 cm³/mol. The van der Waals surface area contributed by atoms with Gasteiger partial charge in [-0.05, 0) is 69.6 Å². The topological polar surface area (TPSA) is 94.7 Å². The second-order valence-electron chi connectivity index (χ2n) is 10.2. The maximum absolute atomic E-state index is 13.1. The Balaban J connectivity index is 1.10. The minimum Gasteiger partial charge on any atom is -0.450 e. The predicted octanol–water partition coefficient (Wildman–Crippen LogP) is 3.46. The molecule has 182 valence electrons. The van der Waals surface area contributed by atoms with Crippen LogP contribution >= 0.6 is 0 Å². The molecule has 0 bridgehead atoms. The van der Waals surface area contributed by atoms with Crippen LogP contribution in [0.4, 0.5) is 4.79 Å². The number of aromatic nitrogens is 1. The van der Waals surface area contributed by atoms with Crippen molar-refractivity contribution in [2.24, 2.45) is 11.3 Å². The Morgan fingerprint density at radius 1 is 1.09 bits per heavy atom. The Bertz CT molecular complexity index is 1090. The van der Waals surface area contributed by atoms with E-state index in [2.05, 4.69) is 16.4 Å². The van der Waals surface area contributed by atoms with Crippen molar-refractivity contribution in [3.05, 3.63) is 35.5 Å². The second kappa shape index (κ2) is 8.96. The molecule has 3 amide bonds. The molecule has 34 heavy (non-hydrogen) atoms. The number of hydrogen-bond acceptors (Lipinski definition) is 4. The van der Waals surface area contributed by atoms with E-state index in [4.69, 9.17) is 4.74 Å². The fourth-order valence-electron chi connectivity index (χ4n) is 5.69. The number of carbonyl (C=O) groups is 3. The molecular formula is C26H34N4O4. The van der Waals surface area contributed by atoms with Crippen molar-refractivity contribution in [2.75, 3.05) is 32.8 Å². The summed E-state index contributed by atoms with van der Waals surface area (Å²) < 4.78 is 5.06. The van der Waals surface area contributed by atoms with E-state index in [0.29, 0.717) is 38.5 Å². The van der Waals surface area contributed by atoms with E-state index in [1.54, 1.807) is 11.8 Å². The molecule has 1 aliphatic carbocycles. The number of piperidine rings is 2. The Hall–Kier alpha value is -3.03. The van der Waals surface area contributed by atoms with E-state index in [1.165, 1.54) is 5.56 Å². The minimum absolute atomic E-state index is 0.0405. The van der Waals surface area contributed by atoms with Crippen molar-refractivity contribution in [3.8, 4) is 0 Å². The van der Waals surface area contributed by atoms with Crippen LogP contribution in [0.15, 0.2) is 24.3 Å². The maximum Gasteiger partial charge on any atom is 0.409 e. The fourth-order valence-corrected chi connectivity index (χ4v) is 5.69. The fraction of sp³-hybridized carbons (Fsp3) is 0.577. The lowest BCUT2D eigenvalue weighted by atomic mass is 9.90. The SMILES string of the molecule is CCOC(=O)N1CCC(NC(=O)C2CC23CCN(C(=O)c2cc4cc(C)ccc4[nH]2)CC3)CC1. The van der Waals surface area contributed by atoms with Gasteiger partial charge >= 0.3 is 6.09 Å². The number of rotatable bonds is 4. The summed E-state index contributed by atoms with van der Waals surface area (Å²) in [6.45, 7) is 6.84. The van der Waals surface area contributed by atoms with E-state index >= 15 is 0 Å². The first kappa shape index (κ1) is 22.7. The van der Waals surface area contributed by atoms with Gasteiger partial charge in [0.05, 0.1) is 6.61 Å². The molecule has 3 fully saturated rings. The van der Waals surface area contributed by atoms with Crippen LogP contribution in [0.3, 0.4) is 0 Å². The normalized spacial score (nSPS) is 22.1. The summed E-state index contributed by atoms with van der Waals surface area (Å²) in [6, 6.07) is 8.20. The molecule has 1 aromatic heterocycles. The van der Waals surface area contributed by atoms with Gasteiger partial charge in [-0.2, -0.15) is 0 Å². The first-order valence-electron chi connectivity index (χ1n) is 12.5. The molecule has 1 saturated carbocycles. The lowest BCUT2D eigenvalue weighted by Crippen LogP contribution is -2.47. The highest BCUT2D eigenvalue weighted by atomic mass is 16.6. The molecule has 2 aliphatic heterocycles. The molecule has 1 unspecified atom stereocenters. The van der Waals surface area contributed by atoms with Crippen LogP contribution in [0, 0.1) is 18.3 Å². The van der Waals surface area contributed by atoms with Crippen LogP contribution in [0.5, 0.6) is 0 Å². The van der Waals surface area contributed by atoms with Gasteiger partial charge < -0.3 is 24.8 Å². The average molecular weight is 467 g/mol. The molecule has 3 heterocycles. The van der Waals surface area contributed by atoms with Crippen molar-refractivity contribution in [1.29, 1.82) is 0 Å². The number of fused-ring (bicyclic) bond motifs is 1.